The van der Waals surface area contributed by atoms with Crippen molar-refractivity contribution in [3.05, 3.63) is 59.2 Å². The number of anilines is 2. The molecular formula is C21H22N2O4. The number of nitrogens with one attached hydrogen (secondary N) is 2. The zero-order chi connectivity index (χ0) is 19.6. The summed E-state index contributed by atoms with van der Waals surface area (Å²) in [4.78, 5) is 35.8. The molecule has 6 nitrogen and oxygen atoms in total. The van der Waals surface area contributed by atoms with Crippen molar-refractivity contribution in [2.75, 3.05) is 10.6 Å². The monoisotopic (exact) mass is 366 g/mol. The summed E-state index contributed by atoms with van der Waals surface area (Å²) in [7, 11) is 0. The summed E-state index contributed by atoms with van der Waals surface area (Å²) in [6.45, 7) is 3.27. The van der Waals surface area contributed by atoms with Gasteiger partial charge in [-0.25, -0.2) is 0 Å². The van der Waals surface area contributed by atoms with Gasteiger partial charge in [-0.15, -0.1) is 0 Å². The Bertz CT molecular complexity index is 895. The van der Waals surface area contributed by atoms with E-state index in [4.69, 9.17) is 0 Å². The number of carbonyl (C=O) groups excluding carboxylic acids is 2. The number of aryl methyl sites for hydroxylation is 1. The van der Waals surface area contributed by atoms with E-state index in [-0.39, 0.29) is 18.2 Å². The van der Waals surface area contributed by atoms with Crippen LogP contribution in [0.25, 0.3) is 0 Å². The highest BCUT2D eigenvalue weighted by atomic mass is 16.4. The molecule has 140 valence electrons. The fraction of sp³-hybridized carbons (Fsp3) is 0.286. The fourth-order valence-corrected chi connectivity index (χ4v) is 3.58. The SMILES string of the molecule is CC(=O)Nc1cc(NC(=O)CC2(C(=O)O)Cc3ccccc3C2)ccc1C. The van der Waals surface area contributed by atoms with E-state index >= 15 is 0 Å². The first-order chi connectivity index (χ1) is 12.8. The largest absolute Gasteiger partial charge is 0.481 e. The first-order valence-electron chi connectivity index (χ1n) is 8.77. The number of carboxylic acid groups (broad SMARTS) is 1. The third-order valence-electron chi connectivity index (χ3n) is 4.96. The van der Waals surface area contributed by atoms with Crippen LogP contribution in [0.15, 0.2) is 42.5 Å². The van der Waals surface area contributed by atoms with Gasteiger partial charge in [0.15, 0.2) is 0 Å². The Morgan fingerprint density at radius 1 is 1.04 bits per heavy atom. The van der Waals surface area contributed by atoms with Crippen molar-refractivity contribution < 1.29 is 19.5 Å². The topological polar surface area (TPSA) is 95.5 Å². The van der Waals surface area contributed by atoms with Crippen LogP contribution in [0.3, 0.4) is 0 Å². The summed E-state index contributed by atoms with van der Waals surface area (Å²) in [5.74, 6) is -1.52. The average molecular weight is 366 g/mol. The number of hydrogen-bond acceptors (Lipinski definition) is 3. The molecule has 2 aromatic rings. The van der Waals surface area contributed by atoms with Crippen molar-refractivity contribution in [2.24, 2.45) is 5.41 Å². The molecule has 2 aromatic carbocycles. The summed E-state index contributed by atoms with van der Waals surface area (Å²) in [5.41, 5.74) is 2.84. The van der Waals surface area contributed by atoms with Gasteiger partial charge in [0, 0.05) is 24.7 Å². The van der Waals surface area contributed by atoms with Crippen LogP contribution < -0.4 is 10.6 Å². The van der Waals surface area contributed by atoms with Crippen molar-refractivity contribution >= 4 is 29.2 Å². The molecule has 0 atom stereocenters. The molecule has 27 heavy (non-hydrogen) atoms. The maximum absolute atomic E-state index is 12.6. The van der Waals surface area contributed by atoms with Gasteiger partial charge in [-0.2, -0.15) is 0 Å². The number of aliphatic carboxylic acids is 1. The molecule has 0 aromatic heterocycles. The average Bonchev–Trinajstić information content (AvgIpc) is 2.96. The van der Waals surface area contributed by atoms with Crippen LogP contribution in [0, 0.1) is 12.3 Å². The highest BCUT2D eigenvalue weighted by Gasteiger charge is 2.45. The summed E-state index contributed by atoms with van der Waals surface area (Å²) >= 11 is 0. The minimum absolute atomic E-state index is 0.111. The Morgan fingerprint density at radius 3 is 2.22 bits per heavy atom. The molecule has 1 aliphatic carbocycles. The first-order valence-corrected chi connectivity index (χ1v) is 8.77. The van der Waals surface area contributed by atoms with Crippen LogP contribution in [0.1, 0.15) is 30.0 Å². The smallest absolute Gasteiger partial charge is 0.310 e. The van der Waals surface area contributed by atoms with Gasteiger partial charge in [-0.05, 0) is 48.6 Å². The maximum atomic E-state index is 12.6. The molecule has 0 saturated carbocycles. The van der Waals surface area contributed by atoms with E-state index < -0.39 is 11.4 Å². The number of benzene rings is 2. The molecule has 0 aliphatic heterocycles. The van der Waals surface area contributed by atoms with Gasteiger partial charge in [-0.1, -0.05) is 30.3 Å². The summed E-state index contributed by atoms with van der Waals surface area (Å²) in [6, 6.07) is 12.8. The molecule has 3 rings (SSSR count). The van der Waals surface area contributed by atoms with Crippen molar-refractivity contribution in [1.82, 2.24) is 0 Å². The maximum Gasteiger partial charge on any atom is 0.310 e. The Hall–Kier alpha value is -3.15. The van der Waals surface area contributed by atoms with Crippen molar-refractivity contribution in [3.8, 4) is 0 Å². The molecular weight excluding hydrogens is 344 g/mol. The molecule has 0 spiro atoms. The highest BCUT2D eigenvalue weighted by molar-refractivity contribution is 5.96. The lowest BCUT2D eigenvalue weighted by molar-refractivity contribution is -0.150. The third kappa shape index (κ3) is 4.00. The molecule has 6 heteroatoms. The normalized spacial score (nSPS) is 14.3. The van der Waals surface area contributed by atoms with E-state index in [1.807, 2.05) is 31.2 Å². The van der Waals surface area contributed by atoms with Crippen LogP contribution in [-0.2, 0) is 27.2 Å². The van der Waals surface area contributed by atoms with Crippen molar-refractivity contribution in [2.45, 2.75) is 33.1 Å². The minimum Gasteiger partial charge on any atom is -0.481 e. The van der Waals surface area contributed by atoms with Crippen LogP contribution >= 0.6 is 0 Å². The summed E-state index contributed by atoms with van der Waals surface area (Å²) in [5, 5.41) is 15.3. The quantitative estimate of drug-likeness (QED) is 0.757. The van der Waals surface area contributed by atoms with Crippen molar-refractivity contribution in [3.63, 3.8) is 0 Å². The highest BCUT2D eigenvalue weighted by Crippen LogP contribution is 2.40. The van der Waals surface area contributed by atoms with E-state index in [1.54, 1.807) is 18.2 Å². The molecule has 1 aliphatic rings. The van der Waals surface area contributed by atoms with E-state index in [9.17, 15) is 19.5 Å². The molecule has 0 bridgehead atoms. The number of hydrogen-bond donors (Lipinski definition) is 3. The predicted octanol–water partition coefficient (Wildman–Crippen LogP) is 3.15. The zero-order valence-electron chi connectivity index (χ0n) is 15.3. The lowest BCUT2D eigenvalue weighted by atomic mass is 9.81. The van der Waals surface area contributed by atoms with Crippen LogP contribution in [0.5, 0.6) is 0 Å². The second-order valence-electron chi connectivity index (χ2n) is 7.14. The number of fused-ring (bicyclic) bond motifs is 1. The van der Waals surface area contributed by atoms with Crippen LogP contribution in [-0.4, -0.2) is 22.9 Å². The predicted molar refractivity (Wildman–Crippen MR) is 103 cm³/mol. The second-order valence-corrected chi connectivity index (χ2v) is 7.14. The zero-order valence-corrected chi connectivity index (χ0v) is 15.3. The van der Waals surface area contributed by atoms with Crippen LogP contribution in [0.4, 0.5) is 11.4 Å². The van der Waals surface area contributed by atoms with E-state index in [2.05, 4.69) is 10.6 Å². The molecule has 3 N–H and O–H groups in total. The van der Waals surface area contributed by atoms with Crippen molar-refractivity contribution in [1.29, 1.82) is 0 Å². The molecule has 0 fully saturated rings. The van der Waals surface area contributed by atoms with E-state index in [1.165, 1.54) is 6.92 Å². The summed E-state index contributed by atoms with van der Waals surface area (Å²) < 4.78 is 0. The number of carbonyl (C=O) groups is 3. The van der Waals surface area contributed by atoms with Gasteiger partial charge in [0.2, 0.25) is 11.8 Å². The Balaban J connectivity index is 1.75. The van der Waals surface area contributed by atoms with Crippen LogP contribution in [0.2, 0.25) is 0 Å². The molecule has 2 amide bonds. The fourth-order valence-electron chi connectivity index (χ4n) is 3.58. The Labute approximate surface area is 157 Å². The molecule has 0 radical (unpaired) electrons. The van der Waals surface area contributed by atoms with Gasteiger partial charge >= 0.3 is 5.97 Å². The second kappa shape index (κ2) is 7.23. The first kappa shape index (κ1) is 18.6. The molecule has 0 unspecified atom stereocenters. The standard InChI is InChI=1S/C21H22N2O4/c1-13-7-8-17(9-18(13)22-14(2)24)23-19(25)12-21(20(26)27)10-15-5-3-4-6-16(15)11-21/h3-9H,10-12H2,1-2H3,(H,22,24)(H,23,25)(H,26,27). The van der Waals surface area contributed by atoms with E-state index in [0.29, 0.717) is 24.2 Å². The lowest BCUT2D eigenvalue weighted by Crippen LogP contribution is -2.36. The molecule has 0 saturated heterocycles. The Kier molecular flexibility index (Phi) is 4.99. The van der Waals surface area contributed by atoms with Gasteiger partial charge in [0.1, 0.15) is 0 Å². The number of carboxylic acids is 1. The minimum atomic E-state index is -1.13. The Morgan fingerprint density at radius 2 is 1.67 bits per heavy atom. The molecule has 0 heterocycles. The number of rotatable bonds is 5. The van der Waals surface area contributed by atoms with Gasteiger partial charge in [0.05, 0.1) is 5.41 Å². The lowest BCUT2D eigenvalue weighted by Gasteiger charge is -2.23. The van der Waals surface area contributed by atoms with E-state index in [0.717, 1.165) is 16.7 Å². The van der Waals surface area contributed by atoms with Gasteiger partial charge in [-0.3, -0.25) is 14.4 Å². The van der Waals surface area contributed by atoms with Gasteiger partial charge < -0.3 is 15.7 Å². The van der Waals surface area contributed by atoms with Gasteiger partial charge in [0.25, 0.3) is 0 Å². The third-order valence-corrected chi connectivity index (χ3v) is 4.96. The number of amides is 2. The summed E-state index contributed by atoms with van der Waals surface area (Å²) in [6.07, 6.45) is 0.578.